The first kappa shape index (κ1) is 21.1. The van der Waals surface area contributed by atoms with Gasteiger partial charge in [0.2, 0.25) is 5.91 Å². The van der Waals surface area contributed by atoms with E-state index in [0.717, 1.165) is 0 Å². The van der Waals surface area contributed by atoms with Crippen molar-refractivity contribution in [2.75, 3.05) is 10.8 Å². The molecule has 10 heteroatoms. The molecule has 0 saturated heterocycles. The lowest BCUT2D eigenvalue weighted by Gasteiger charge is -2.25. The first-order valence-electron chi connectivity index (χ1n) is 8.52. The van der Waals surface area contributed by atoms with Gasteiger partial charge in [-0.25, -0.2) is 17.7 Å². The maximum Gasteiger partial charge on any atom is 0.266 e. The molecule has 1 aromatic heterocycles. The fourth-order valence-electron chi connectivity index (χ4n) is 2.56. The molecule has 0 spiro atoms. The second-order valence-electron chi connectivity index (χ2n) is 6.10. The van der Waals surface area contributed by atoms with Crippen molar-refractivity contribution in [2.45, 2.75) is 17.9 Å². The van der Waals surface area contributed by atoms with Gasteiger partial charge in [0.1, 0.15) is 11.9 Å². The van der Waals surface area contributed by atoms with E-state index in [1.165, 1.54) is 46.1 Å². The molecule has 0 aliphatic carbocycles. The summed E-state index contributed by atoms with van der Waals surface area (Å²) in [7, 11) is -3.95. The standard InChI is InChI=1S/C19H18ClN3O4S2/c1-13(27-17-5-3-2-4-16(17)20)12-23(19-22-10-11-28-19)29(25,26)15-8-6-14(7-9-15)18(21)24/h2-11,13H,12H2,1H3,(H2,21,24). The van der Waals surface area contributed by atoms with Crippen molar-refractivity contribution < 1.29 is 17.9 Å². The number of benzene rings is 2. The Morgan fingerprint density at radius 3 is 2.52 bits per heavy atom. The van der Waals surface area contributed by atoms with E-state index in [-0.39, 0.29) is 17.0 Å². The van der Waals surface area contributed by atoms with Gasteiger partial charge in [-0.1, -0.05) is 23.7 Å². The van der Waals surface area contributed by atoms with Gasteiger partial charge in [0.25, 0.3) is 10.0 Å². The van der Waals surface area contributed by atoms with Gasteiger partial charge in [0.15, 0.2) is 5.13 Å². The molecule has 7 nitrogen and oxygen atoms in total. The number of nitrogens with zero attached hydrogens (tertiary/aromatic N) is 2. The first-order chi connectivity index (χ1) is 13.8. The molecule has 152 valence electrons. The summed E-state index contributed by atoms with van der Waals surface area (Å²) in [5.74, 6) is -0.170. The summed E-state index contributed by atoms with van der Waals surface area (Å²) in [4.78, 5) is 15.4. The molecule has 2 aromatic carbocycles. The van der Waals surface area contributed by atoms with Crippen molar-refractivity contribution >= 4 is 44.0 Å². The average Bonchev–Trinajstić information content (AvgIpc) is 3.22. The first-order valence-corrected chi connectivity index (χ1v) is 11.2. The van der Waals surface area contributed by atoms with Gasteiger partial charge < -0.3 is 10.5 Å². The molecule has 1 atom stereocenters. The summed E-state index contributed by atoms with van der Waals surface area (Å²) in [6.07, 6.45) is 1.01. The Morgan fingerprint density at radius 2 is 1.93 bits per heavy atom. The van der Waals surface area contributed by atoms with Crippen molar-refractivity contribution in [3.63, 3.8) is 0 Å². The van der Waals surface area contributed by atoms with Gasteiger partial charge >= 0.3 is 0 Å². The molecule has 1 amide bonds. The van der Waals surface area contributed by atoms with E-state index >= 15 is 0 Å². The van der Waals surface area contributed by atoms with Crippen LogP contribution in [0.3, 0.4) is 0 Å². The van der Waals surface area contributed by atoms with Crippen LogP contribution in [-0.2, 0) is 10.0 Å². The predicted octanol–water partition coefficient (Wildman–Crippen LogP) is 3.56. The van der Waals surface area contributed by atoms with E-state index in [1.807, 2.05) is 0 Å². The van der Waals surface area contributed by atoms with Crippen LogP contribution in [0.1, 0.15) is 17.3 Å². The SMILES string of the molecule is CC(CN(c1nccs1)S(=O)(=O)c1ccc(C(N)=O)cc1)Oc1ccccc1Cl. The zero-order valence-electron chi connectivity index (χ0n) is 15.4. The lowest BCUT2D eigenvalue weighted by atomic mass is 10.2. The minimum absolute atomic E-state index is 0.0125. The van der Waals surface area contributed by atoms with E-state index in [1.54, 1.807) is 36.6 Å². The number of thiazole rings is 1. The van der Waals surface area contributed by atoms with Crippen LogP contribution in [0.15, 0.2) is 65.0 Å². The van der Waals surface area contributed by atoms with Crippen molar-refractivity contribution in [3.05, 3.63) is 70.7 Å². The van der Waals surface area contributed by atoms with Gasteiger partial charge in [-0.3, -0.25) is 4.79 Å². The number of nitrogens with two attached hydrogens (primary N) is 1. The second-order valence-corrected chi connectivity index (χ2v) is 9.24. The highest BCUT2D eigenvalue weighted by molar-refractivity contribution is 7.93. The fraction of sp³-hybridized carbons (Fsp3) is 0.158. The molecule has 0 saturated carbocycles. The molecule has 3 aromatic rings. The summed E-state index contributed by atoms with van der Waals surface area (Å²) in [5.41, 5.74) is 5.45. The van der Waals surface area contributed by atoms with Gasteiger partial charge in [-0.2, -0.15) is 0 Å². The zero-order chi connectivity index (χ0) is 21.0. The number of anilines is 1. The number of ether oxygens (including phenoxy) is 1. The van der Waals surface area contributed by atoms with E-state index < -0.39 is 22.0 Å². The summed E-state index contributed by atoms with van der Waals surface area (Å²) in [6, 6.07) is 12.4. The largest absolute Gasteiger partial charge is 0.487 e. The normalized spacial score (nSPS) is 12.3. The van der Waals surface area contributed by atoms with Gasteiger partial charge in [-0.05, 0) is 43.3 Å². The molecule has 1 unspecified atom stereocenters. The number of rotatable bonds is 8. The summed E-state index contributed by atoms with van der Waals surface area (Å²) >= 11 is 7.32. The Morgan fingerprint density at radius 1 is 1.24 bits per heavy atom. The number of aromatic nitrogens is 1. The van der Waals surface area contributed by atoms with E-state index in [0.29, 0.717) is 15.9 Å². The Kier molecular flexibility index (Phi) is 6.41. The number of sulfonamides is 1. The van der Waals surface area contributed by atoms with Crippen LogP contribution in [-0.4, -0.2) is 32.0 Å². The molecule has 0 fully saturated rings. The number of para-hydroxylation sites is 1. The van der Waals surface area contributed by atoms with Crippen LogP contribution in [0.2, 0.25) is 5.02 Å². The maximum atomic E-state index is 13.3. The highest BCUT2D eigenvalue weighted by Gasteiger charge is 2.29. The van der Waals surface area contributed by atoms with Crippen LogP contribution < -0.4 is 14.8 Å². The van der Waals surface area contributed by atoms with Crippen LogP contribution in [0, 0.1) is 0 Å². The van der Waals surface area contributed by atoms with Crippen molar-refractivity contribution in [1.29, 1.82) is 0 Å². The van der Waals surface area contributed by atoms with Crippen LogP contribution in [0.25, 0.3) is 0 Å². The van der Waals surface area contributed by atoms with E-state index in [4.69, 9.17) is 22.1 Å². The zero-order valence-corrected chi connectivity index (χ0v) is 17.7. The highest BCUT2D eigenvalue weighted by atomic mass is 35.5. The number of hydrogen-bond acceptors (Lipinski definition) is 6. The summed E-state index contributed by atoms with van der Waals surface area (Å²) in [5, 5.41) is 2.43. The predicted molar refractivity (Wildman–Crippen MR) is 113 cm³/mol. The number of halogens is 1. The van der Waals surface area contributed by atoms with Crippen LogP contribution in [0.5, 0.6) is 5.75 Å². The average molecular weight is 452 g/mol. The lowest BCUT2D eigenvalue weighted by Crippen LogP contribution is -2.38. The smallest absolute Gasteiger partial charge is 0.266 e. The maximum absolute atomic E-state index is 13.3. The molecule has 0 bridgehead atoms. The molecular formula is C19H18ClN3O4S2. The number of hydrogen-bond donors (Lipinski definition) is 1. The fourth-order valence-corrected chi connectivity index (χ4v) is 5.12. The van der Waals surface area contributed by atoms with Crippen molar-refractivity contribution in [2.24, 2.45) is 5.73 Å². The minimum Gasteiger partial charge on any atom is -0.487 e. The van der Waals surface area contributed by atoms with Gasteiger partial charge in [0.05, 0.1) is 16.5 Å². The second kappa shape index (κ2) is 8.81. The molecule has 1 heterocycles. The number of primary amides is 1. The van der Waals surface area contributed by atoms with Crippen LogP contribution in [0.4, 0.5) is 5.13 Å². The summed E-state index contributed by atoms with van der Waals surface area (Å²) in [6.45, 7) is 1.76. The molecule has 29 heavy (non-hydrogen) atoms. The van der Waals surface area contributed by atoms with Gasteiger partial charge in [-0.15, -0.1) is 11.3 Å². The quantitative estimate of drug-likeness (QED) is 0.564. The Labute approximate surface area is 177 Å². The molecule has 0 aliphatic rings. The molecule has 0 radical (unpaired) electrons. The highest BCUT2D eigenvalue weighted by Crippen LogP contribution is 2.28. The Hall–Kier alpha value is -2.62. The van der Waals surface area contributed by atoms with Crippen LogP contribution >= 0.6 is 22.9 Å². The third kappa shape index (κ3) is 4.87. The monoisotopic (exact) mass is 451 g/mol. The summed E-state index contributed by atoms with van der Waals surface area (Å²) < 4.78 is 33.5. The third-order valence-corrected chi connectivity index (χ3v) is 6.94. The Balaban J connectivity index is 1.89. The number of carbonyl (C=O) groups excluding carboxylic acids is 1. The number of carbonyl (C=O) groups is 1. The third-order valence-electron chi connectivity index (χ3n) is 3.95. The Bertz CT molecular complexity index is 1090. The molecule has 3 rings (SSSR count). The molecular weight excluding hydrogens is 434 g/mol. The van der Waals surface area contributed by atoms with Crippen molar-refractivity contribution in [3.8, 4) is 5.75 Å². The van der Waals surface area contributed by atoms with E-state index in [2.05, 4.69) is 4.98 Å². The lowest BCUT2D eigenvalue weighted by molar-refractivity contribution is 0.1000. The van der Waals surface area contributed by atoms with Gasteiger partial charge in [0, 0.05) is 17.1 Å². The van der Waals surface area contributed by atoms with E-state index in [9.17, 15) is 13.2 Å². The number of amides is 1. The minimum atomic E-state index is -3.95. The molecule has 0 aliphatic heterocycles. The molecule has 2 N–H and O–H groups in total. The van der Waals surface area contributed by atoms with Crippen molar-refractivity contribution in [1.82, 2.24) is 4.98 Å². The topological polar surface area (TPSA) is 103 Å².